The highest BCUT2D eigenvalue weighted by atomic mass is 32.1. The lowest BCUT2D eigenvalue weighted by molar-refractivity contribution is -0.117. The molecule has 1 aliphatic rings. The van der Waals surface area contributed by atoms with E-state index < -0.39 is 5.91 Å². The largest absolute Gasteiger partial charge is 0.382 e. The van der Waals surface area contributed by atoms with E-state index in [1.54, 1.807) is 12.1 Å². The molecule has 0 aliphatic heterocycles. The summed E-state index contributed by atoms with van der Waals surface area (Å²) in [5.41, 5.74) is 8.11. The van der Waals surface area contributed by atoms with Crippen molar-refractivity contribution in [2.75, 3.05) is 30.0 Å². The molecule has 2 heterocycles. The maximum atomic E-state index is 12.2. The second-order valence-electron chi connectivity index (χ2n) is 7.57. The lowest BCUT2D eigenvalue weighted by Gasteiger charge is -2.04. The lowest BCUT2D eigenvalue weighted by atomic mass is 10.1. The van der Waals surface area contributed by atoms with Gasteiger partial charge in [0.25, 0.3) is 0 Å². The van der Waals surface area contributed by atoms with E-state index in [1.807, 2.05) is 17.5 Å². The molecule has 4 rings (SSSR count). The van der Waals surface area contributed by atoms with E-state index in [0.29, 0.717) is 38.9 Å². The summed E-state index contributed by atoms with van der Waals surface area (Å²) in [6, 6.07) is 6.86. The normalized spacial score (nSPS) is 13.0. The Labute approximate surface area is 203 Å². The number of amides is 4. The molecule has 1 aromatic carbocycles. The molecule has 0 unspecified atom stereocenters. The number of nitrogen functional groups attached to an aromatic ring is 1. The van der Waals surface area contributed by atoms with Crippen LogP contribution in [0.15, 0.2) is 41.8 Å². The first-order chi connectivity index (χ1) is 16.4. The van der Waals surface area contributed by atoms with Gasteiger partial charge in [0.2, 0.25) is 11.8 Å². The van der Waals surface area contributed by atoms with Gasteiger partial charge in [-0.1, -0.05) is 23.5 Å². The standard InChI is InChI=1S/C22H23N7O3S2/c1-24-21(32)29-22-28-19(23)18(34-22)20-27-15(11-33-20)13-3-2-4-14(9-13)26-17(31)8-7-16(30)25-10-12-5-6-12/h2-4,7-9,11-12H,5-6,10,23H2,1H3,(H,25,30)(H,26,31)(H2,24,28,29,32)/b8-7+. The molecule has 0 bridgehead atoms. The first kappa shape index (κ1) is 23.4. The van der Waals surface area contributed by atoms with Crippen molar-refractivity contribution in [3.05, 3.63) is 41.8 Å². The number of carbonyl (C=O) groups is 3. The van der Waals surface area contributed by atoms with Gasteiger partial charge >= 0.3 is 6.03 Å². The van der Waals surface area contributed by atoms with Crippen LogP contribution < -0.4 is 27.0 Å². The molecule has 1 fully saturated rings. The molecule has 4 amide bonds. The van der Waals surface area contributed by atoms with Crippen LogP contribution in [0, 0.1) is 5.92 Å². The van der Waals surface area contributed by atoms with Gasteiger partial charge in [0.05, 0.1) is 5.69 Å². The topological polar surface area (TPSA) is 151 Å². The number of hydrogen-bond donors (Lipinski definition) is 5. The number of anilines is 3. The fourth-order valence-electron chi connectivity index (χ4n) is 2.93. The Hall–Kier alpha value is -3.77. The Balaban J connectivity index is 1.41. The molecule has 10 nitrogen and oxygen atoms in total. The molecule has 6 N–H and O–H groups in total. The summed E-state index contributed by atoms with van der Waals surface area (Å²) in [7, 11) is 1.51. The van der Waals surface area contributed by atoms with Gasteiger partial charge in [0, 0.05) is 42.4 Å². The number of nitrogens with one attached hydrogen (secondary N) is 4. The highest BCUT2D eigenvalue weighted by Gasteiger charge is 2.21. The molecule has 0 radical (unpaired) electrons. The number of carbonyl (C=O) groups excluding carboxylic acids is 3. The van der Waals surface area contributed by atoms with Crippen LogP contribution >= 0.6 is 22.7 Å². The second kappa shape index (κ2) is 10.4. The molecule has 2 aromatic heterocycles. The maximum Gasteiger partial charge on any atom is 0.320 e. The number of thiazole rings is 2. The first-order valence-electron chi connectivity index (χ1n) is 10.5. The van der Waals surface area contributed by atoms with Gasteiger partial charge < -0.3 is 21.7 Å². The monoisotopic (exact) mass is 497 g/mol. The van der Waals surface area contributed by atoms with Crippen LogP contribution in [0.3, 0.4) is 0 Å². The third-order valence-electron chi connectivity index (χ3n) is 4.87. The number of nitrogens with zero attached hydrogens (tertiary/aromatic N) is 2. The Morgan fingerprint density at radius 1 is 1.15 bits per heavy atom. The number of rotatable bonds is 8. The average Bonchev–Trinajstić information content (AvgIpc) is 3.40. The summed E-state index contributed by atoms with van der Waals surface area (Å²) in [4.78, 5) is 44.9. The number of aromatic nitrogens is 2. The van der Waals surface area contributed by atoms with Crippen molar-refractivity contribution in [1.82, 2.24) is 20.6 Å². The van der Waals surface area contributed by atoms with Crippen LogP contribution in [0.5, 0.6) is 0 Å². The van der Waals surface area contributed by atoms with Crippen molar-refractivity contribution in [2.45, 2.75) is 12.8 Å². The van der Waals surface area contributed by atoms with Gasteiger partial charge in [0.1, 0.15) is 15.7 Å². The summed E-state index contributed by atoms with van der Waals surface area (Å²) >= 11 is 2.63. The van der Waals surface area contributed by atoms with Crippen molar-refractivity contribution in [3.63, 3.8) is 0 Å². The Kier molecular flexibility index (Phi) is 7.18. The molecule has 0 spiro atoms. The molecule has 0 atom stereocenters. The smallest absolute Gasteiger partial charge is 0.320 e. The highest BCUT2D eigenvalue weighted by molar-refractivity contribution is 7.23. The molecular weight excluding hydrogens is 474 g/mol. The van der Waals surface area contributed by atoms with Gasteiger partial charge in [-0.3, -0.25) is 14.9 Å². The molecule has 12 heteroatoms. The SMILES string of the molecule is CNC(=O)Nc1nc(N)c(-c2nc(-c3cccc(NC(=O)/C=C/C(=O)NCC4CC4)c3)cs2)s1. The Morgan fingerprint density at radius 3 is 2.71 bits per heavy atom. The minimum absolute atomic E-state index is 0.276. The Morgan fingerprint density at radius 2 is 1.94 bits per heavy atom. The molecule has 0 saturated heterocycles. The van der Waals surface area contributed by atoms with Crippen molar-refractivity contribution in [2.24, 2.45) is 5.92 Å². The van der Waals surface area contributed by atoms with E-state index in [0.717, 1.165) is 18.4 Å². The first-order valence-corrected chi connectivity index (χ1v) is 12.2. The predicted molar refractivity (Wildman–Crippen MR) is 135 cm³/mol. The summed E-state index contributed by atoms with van der Waals surface area (Å²) in [5, 5.41) is 13.5. The van der Waals surface area contributed by atoms with Crippen molar-refractivity contribution in [1.29, 1.82) is 0 Å². The minimum atomic E-state index is -0.397. The maximum absolute atomic E-state index is 12.2. The van der Waals surface area contributed by atoms with E-state index in [1.165, 1.54) is 41.9 Å². The lowest BCUT2D eigenvalue weighted by Crippen LogP contribution is -2.24. The van der Waals surface area contributed by atoms with Gasteiger partial charge in [0.15, 0.2) is 5.13 Å². The molecular formula is C22H23N7O3S2. The average molecular weight is 498 g/mol. The van der Waals surface area contributed by atoms with E-state index in [9.17, 15) is 14.4 Å². The quantitative estimate of drug-likeness (QED) is 0.301. The zero-order valence-electron chi connectivity index (χ0n) is 18.3. The summed E-state index contributed by atoms with van der Waals surface area (Å²) in [6.45, 7) is 0.654. The molecule has 3 aromatic rings. The van der Waals surface area contributed by atoms with E-state index >= 15 is 0 Å². The predicted octanol–water partition coefficient (Wildman–Crippen LogP) is 3.29. The van der Waals surface area contributed by atoms with E-state index in [-0.39, 0.29) is 17.8 Å². The van der Waals surface area contributed by atoms with E-state index in [4.69, 9.17) is 5.73 Å². The molecule has 34 heavy (non-hydrogen) atoms. The summed E-state index contributed by atoms with van der Waals surface area (Å²) < 4.78 is 0. The zero-order chi connectivity index (χ0) is 24.1. The fourth-order valence-corrected chi connectivity index (χ4v) is 4.73. The van der Waals surface area contributed by atoms with Crippen LogP contribution in [0.1, 0.15) is 12.8 Å². The summed E-state index contributed by atoms with van der Waals surface area (Å²) in [6.07, 6.45) is 4.75. The van der Waals surface area contributed by atoms with Crippen molar-refractivity contribution < 1.29 is 14.4 Å². The highest BCUT2D eigenvalue weighted by Crippen LogP contribution is 2.38. The van der Waals surface area contributed by atoms with Gasteiger partial charge in [-0.25, -0.2) is 14.8 Å². The van der Waals surface area contributed by atoms with Crippen molar-refractivity contribution >= 4 is 57.2 Å². The van der Waals surface area contributed by atoms with Crippen LogP contribution in [0.25, 0.3) is 21.1 Å². The van der Waals surface area contributed by atoms with Crippen LogP contribution in [-0.2, 0) is 9.59 Å². The number of nitrogens with two attached hydrogens (primary N) is 1. The minimum Gasteiger partial charge on any atom is -0.382 e. The van der Waals surface area contributed by atoms with Gasteiger partial charge in [-0.05, 0) is 30.9 Å². The zero-order valence-corrected chi connectivity index (χ0v) is 19.9. The van der Waals surface area contributed by atoms with E-state index in [2.05, 4.69) is 31.2 Å². The molecule has 1 saturated carbocycles. The number of benzene rings is 1. The van der Waals surface area contributed by atoms with Crippen molar-refractivity contribution in [3.8, 4) is 21.1 Å². The Bertz CT molecular complexity index is 1250. The van der Waals surface area contributed by atoms with Gasteiger partial charge in [-0.15, -0.1) is 11.3 Å². The number of urea groups is 1. The van der Waals surface area contributed by atoms with Crippen LogP contribution in [-0.4, -0.2) is 41.4 Å². The van der Waals surface area contributed by atoms with Crippen LogP contribution in [0.4, 0.5) is 21.4 Å². The third-order valence-corrected chi connectivity index (χ3v) is 6.86. The summed E-state index contributed by atoms with van der Waals surface area (Å²) in [5.74, 6) is 0.188. The number of hydrogen-bond acceptors (Lipinski definition) is 8. The van der Waals surface area contributed by atoms with Gasteiger partial charge in [-0.2, -0.15) is 0 Å². The fraction of sp³-hybridized carbons (Fsp3) is 0.227. The second-order valence-corrected chi connectivity index (χ2v) is 9.42. The van der Waals surface area contributed by atoms with Crippen LogP contribution in [0.2, 0.25) is 0 Å². The third kappa shape index (κ3) is 6.17. The molecule has 1 aliphatic carbocycles. The molecule has 176 valence electrons.